The Kier molecular flexibility index (Phi) is 12.5. The van der Waals surface area contributed by atoms with E-state index in [1.807, 2.05) is 45.9 Å². The molecule has 8 nitrogen and oxygen atoms in total. The van der Waals surface area contributed by atoms with Crippen molar-refractivity contribution in [2.45, 2.75) is 72.9 Å². The van der Waals surface area contributed by atoms with Crippen molar-refractivity contribution in [1.82, 2.24) is 10.4 Å². The molecule has 0 aliphatic heterocycles. The quantitative estimate of drug-likeness (QED) is 0.212. The number of aryl methyl sites for hydroxylation is 1. The lowest BCUT2D eigenvalue weighted by molar-refractivity contribution is -0.175. The Balaban J connectivity index is 2.23. The number of benzene rings is 2. The fourth-order valence-electron chi connectivity index (χ4n) is 4.45. The number of halogens is 1. The van der Waals surface area contributed by atoms with Crippen molar-refractivity contribution in [1.29, 1.82) is 0 Å². The molecule has 0 aromatic heterocycles. The van der Waals surface area contributed by atoms with Crippen LogP contribution in [-0.2, 0) is 14.4 Å². The van der Waals surface area contributed by atoms with E-state index in [2.05, 4.69) is 19.2 Å². The van der Waals surface area contributed by atoms with E-state index in [0.717, 1.165) is 18.4 Å². The average molecular weight is 575 g/mol. The summed E-state index contributed by atoms with van der Waals surface area (Å²) >= 11 is 6.18. The third-order valence-corrected chi connectivity index (χ3v) is 6.86. The van der Waals surface area contributed by atoms with Crippen LogP contribution in [0.3, 0.4) is 0 Å². The first kappa shape index (κ1) is 33.1. The summed E-state index contributed by atoms with van der Waals surface area (Å²) in [6.07, 6.45) is 1.71. The van der Waals surface area contributed by atoms with Crippen molar-refractivity contribution in [2.24, 2.45) is 11.3 Å². The van der Waals surface area contributed by atoms with Crippen LogP contribution >= 0.6 is 11.6 Å². The average Bonchev–Trinajstić information content (AvgIpc) is 2.90. The van der Waals surface area contributed by atoms with Crippen LogP contribution in [0.2, 0.25) is 5.02 Å². The highest BCUT2D eigenvalue weighted by atomic mass is 35.5. The van der Waals surface area contributed by atoms with Crippen molar-refractivity contribution in [3.8, 4) is 5.75 Å². The Labute approximate surface area is 243 Å². The maximum atomic E-state index is 13.6. The van der Waals surface area contributed by atoms with Gasteiger partial charge in [0.1, 0.15) is 11.8 Å². The van der Waals surface area contributed by atoms with Gasteiger partial charge >= 0.3 is 5.97 Å². The second kappa shape index (κ2) is 15.1. The lowest BCUT2D eigenvalue weighted by atomic mass is 9.86. The van der Waals surface area contributed by atoms with Gasteiger partial charge in [-0.3, -0.25) is 14.4 Å². The van der Waals surface area contributed by atoms with E-state index in [9.17, 15) is 14.4 Å². The highest BCUT2D eigenvalue weighted by molar-refractivity contribution is 6.32. The number of amides is 2. The van der Waals surface area contributed by atoms with Gasteiger partial charge in [0.2, 0.25) is 0 Å². The zero-order valence-corrected chi connectivity index (χ0v) is 25.6. The minimum Gasteiger partial charge on any atom is -0.495 e. The van der Waals surface area contributed by atoms with Crippen molar-refractivity contribution in [3.05, 3.63) is 64.2 Å². The molecule has 0 bridgehead atoms. The van der Waals surface area contributed by atoms with Crippen LogP contribution in [0.4, 0.5) is 0 Å². The summed E-state index contributed by atoms with van der Waals surface area (Å²) in [5, 5.41) is 4.53. The van der Waals surface area contributed by atoms with Crippen LogP contribution in [0.25, 0.3) is 0 Å². The molecule has 0 aliphatic rings. The molecule has 2 amide bonds. The molecule has 0 fully saturated rings. The van der Waals surface area contributed by atoms with Gasteiger partial charge in [-0.05, 0) is 67.9 Å². The molecule has 2 aromatic carbocycles. The van der Waals surface area contributed by atoms with E-state index in [0.29, 0.717) is 17.2 Å². The number of rotatable bonds is 14. The Morgan fingerprint density at radius 2 is 1.75 bits per heavy atom. The first-order chi connectivity index (χ1) is 18.8. The van der Waals surface area contributed by atoms with Gasteiger partial charge in [0, 0.05) is 11.1 Å². The van der Waals surface area contributed by atoms with Gasteiger partial charge in [-0.1, -0.05) is 63.9 Å². The number of carbonyl (C=O) groups excluding carboxylic acids is 3. The Morgan fingerprint density at radius 1 is 1.05 bits per heavy atom. The standard InChI is InChI=1S/C31H43ClN2O6/c1-9-24(15-20(2)3)34(29(36)23-12-10-11-21(4)16-23)40-19-31(5,6)18-26(30(37)39-8)33-28(35)22-13-14-27(38-7)25(32)17-22/h10-14,16-17,20,24,26H,9,15,18-19H2,1-8H3,(H,33,35)/t24?,26-/m1/s1. The Bertz CT molecular complexity index is 1170. The highest BCUT2D eigenvalue weighted by Crippen LogP contribution is 2.28. The van der Waals surface area contributed by atoms with E-state index >= 15 is 0 Å². The molecule has 9 heteroatoms. The minimum atomic E-state index is -0.949. The van der Waals surface area contributed by atoms with Crippen LogP contribution in [0.5, 0.6) is 5.75 Å². The molecular formula is C31H43ClN2O6. The molecule has 0 radical (unpaired) electrons. The molecule has 0 saturated heterocycles. The van der Waals surface area contributed by atoms with E-state index in [-0.39, 0.29) is 35.6 Å². The predicted octanol–water partition coefficient (Wildman–Crippen LogP) is 6.24. The summed E-state index contributed by atoms with van der Waals surface area (Å²) < 4.78 is 10.1. The summed E-state index contributed by atoms with van der Waals surface area (Å²) in [7, 11) is 2.76. The van der Waals surface area contributed by atoms with Gasteiger partial charge in [-0.15, -0.1) is 0 Å². The molecule has 0 heterocycles. The number of hydrogen-bond acceptors (Lipinski definition) is 6. The Hall–Kier alpha value is -3.10. The maximum Gasteiger partial charge on any atom is 0.328 e. The topological polar surface area (TPSA) is 94.2 Å². The summed E-state index contributed by atoms with van der Waals surface area (Å²) in [5.41, 5.74) is 1.20. The van der Waals surface area contributed by atoms with Crippen molar-refractivity contribution in [2.75, 3.05) is 20.8 Å². The molecule has 2 rings (SSSR count). The number of nitrogens with one attached hydrogen (secondary N) is 1. The van der Waals surface area contributed by atoms with E-state index in [4.69, 9.17) is 25.9 Å². The van der Waals surface area contributed by atoms with Gasteiger partial charge in [-0.25, -0.2) is 9.86 Å². The van der Waals surface area contributed by atoms with Crippen LogP contribution in [-0.4, -0.2) is 55.8 Å². The van der Waals surface area contributed by atoms with E-state index in [1.54, 1.807) is 18.2 Å². The second-order valence-electron chi connectivity index (χ2n) is 11.2. The molecule has 0 spiro atoms. The predicted molar refractivity (Wildman–Crippen MR) is 157 cm³/mol. The fraction of sp³-hybridized carbons (Fsp3) is 0.516. The van der Waals surface area contributed by atoms with Crippen LogP contribution in [0, 0.1) is 18.3 Å². The lowest BCUT2D eigenvalue weighted by Gasteiger charge is -2.35. The number of carbonyl (C=O) groups is 3. The first-order valence-corrected chi connectivity index (χ1v) is 13.9. The second-order valence-corrected chi connectivity index (χ2v) is 11.6. The van der Waals surface area contributed by atoms with Gasteiger partial charge < -0.3 is 14.8 Å². The molecule has 2 aromatic rings. The number of nitrogens with zero attached hydrogens (tertiary/aromatic N) is 1. The zero-order chi connectivity index (χ0) is 30.0. The van der Waals surface area contributed by atoms with Gasteiger partial charge in [0.15, 0.2) is 0 Å². The number of esters is 1. The van der Waals surface area contributed by atoms with E-state index in [1.165, 1.54) is 25.3 Å². The molecule has 1 N–H and O–H groups in total. The largest absolute Gasteiger partial charge is 0.495 e. The fourth-order valence-corrected chi connectivity index (χ4v) is 4.71. The smallest absolute Gasteiger partial charge is 0.328 e. The van der Waals surface area contributed by atoms with Gasteiger partial charge in [-0.2, -0.15) is 0 Å². The Morgan fingerprint density at radius 3 is 2.30 bits per heavy atom. The van der Waals surface area contributed by atoms with Gasteiger partial charge in [0.25, 0.3) is 11.8 Å². The minimum absolute atomic E-state index is 0.125. The summed E-state index contributed by atoms with van der Waals surface area (Å²) in [5.74, 6) is -0.467. The third kappa shape index (κ3) is 9.52. The molecule has 0 saturated carbocycles. The molecule has 40 heavy (non-hydrogen) atoms. The highest BCUT2D eigenvalue weighted by Gasteiger charge is 2.33. The number of hydrogen-bond donors (Lipinski definition) is 1. The molecular weight excluding hydrogens is 532 g/mol. The number of ether oxygens (including phenoxy) is 2. The van der Waals surface area contributed by atoms with Crippen LogP contribution in [0.15, 0.2) is 42.5 Å². The summed E-state index contributed by atoms with van der Waals surface area (Å²) in [6, 6.07) is 11.0. The summed E-state index contributed by atoms with van der Waals surface area (Å²) in [4.78, 5) is 45.5. The first-order valence-electron chi connectivity index (χ1n) is 13.6. The normalized spacial score (nSPS) is 12.9. The molecule has 220 valence electrons. The maximum absolute atomic E-state index is 13.6. The third-order valence-electron chi connectivity index (χ3n) is 6.57. The lowest BCUT2D eigenvalue weighted by Crippen LogP contribution is -2.46. The molecule has 0 aliphatic carbocycles. The zero-order valence-electron chi connectivity index (χ0n) is 24.9. The van der Waals surface area contributed by atoms with Crippen molar-refractivity contribution in [3.63, 3.8) is 0 Å². The summed E-state index contributed by atoms with van der Waals surface area (Å²) in [6.45, 7) is 12.2. The number of methoxy groups -OCH3 is 2. The number of hydroxylamine groups is 2. The van der Waals surface area contributed by atoms with Crippen molar-refractivity contribution >= 4 is 29.4 Å². The SMILES string of the molecule is CCC(CC(C)C)N(OCC(C)(C)C[C@@H](NC(=O)c1ccc(OC)c(Cl)c1)C(=O)OC)C(=O)c1cccc(C)c1. The van der Waals surface area contributed by atoms with E-state index < -0.39 is 23.3 Å². The van der Waals surface area contributed by atoms with Crippen LogP contribution < -0.4 is 10.1 Å². The van der Waals surface area contributed by atoms with Crippen molar-refractivity contribution < 1.29 is 28.7 Å². The van der Waals surface area contributed by atoms with Gasteiger partial charge in [0.05, 0.1) is 31.9 Å². The monoisotopic (exact) mass is 574 g/mol. The van der Waals surface area contributed by atoms with Crippen LogP contribution in [0.1, 0.15) is 80.2 Å². The molecule has 2 atom stereocenters. The molecule has 1 unspecified atom stereocenters.